The Morgan fingerprint density at radius 2 is 1.84 bits per heavy atom. The highest BCUT2D eigenvalue weighted by Crippen LogP contribution is 2.25. The number of hydroxylamine groups is 2. The first-order valence-corrected chi connectivity index (χ1v) is 12.0. The third-order valence-electron chi connectivity index (χ3n) is 5.75. The molecule has 1 amide bonds. The number of benzene rings is 2. The lowest BCUT2D eigenvalue weighted by Crippen LogP contribution is -2.44. The highest BCUT2D eigenvalue weighted by atomic mass is 32.2. The molecule has 1 heterocycles. The molecule has 1 N–H and O–H groups in total. The maximum absolute atomic E-state index is 13.0. The highest BCUT2D eigenvalue weighted by molar-refractivity contribution is 7.89. The van der Waals surface area contributed by atoms with E-state index in [1.165, 1.54) is 15.4 Å². The Balaban J connectivity index is 1.58. The molecule has 1 atom stereocenters. The van der Waals surface area contributed by atoms with Crippen LogP contribution in [0, 0.1) is 13.8 Å². The normalized spacial score (nSPS) is 16.7. The maximum Gasteiger partial charge on any atom is 0.233 e. The molecule has 31 heavy (non-hydrogen) atoms. The minimum absolute atomic E-state index is 0.000554. The molecule has 0 saturated carbocycles. The molecular weight excluding hydrogens is 416 g/mol. The summed E-state index contributed by atoms with van der Waals surface area (Å²) in [6.45, 7) is 5.33. The average molecular weight is 447 g/mol. The zero-order chi connectivity index (χ0) is 22.4. The molecule has 1 fully saturated rings. The van der Waals surface area contributed by atoms with Gasteiger partial charge in [0.1, 0.15) is 0 Å². The van der Waals surface area contributed by atoms with Gasteiger partial charge in [0.05, 0.1) is 24.5 Å². The molecule has 168 valence electrons. The van der Waals surface area contributed by atoms with Gasteiger partial charge in [-0.3, -0.25) is 10.0 Å². The Bertz CT molecular complexity index is 973. The van der Waals surface area contributed by atoms with E-state index in [1.54, 1.807) is 30.3 Å². The van der Waals surface area contributed by atoms with Crippen molar-refractivity contribution in [3.8, 4) is 0 Å². The predicted molar refractivity (Wildman–Crippen MR) is 118 cm³/mol. The molecule has 0 aliphatic carbocycles. The van der Waals surface area contributed by atoms with Crippen LogP contribution >= 0.6 is 0 Å². The van der Waals surface area contributed by atoms with Crippen LogP contribution in [-0.4, -0.2) is 54.3 Å². The predicted octanol–water partition coefficient (Wildman–Crippen LogP) is 3.20. The second-order valence-corrected chi connectivity index (χ2v) is 10.0. The van der Waals surface area contributed by atoms with Gasteiger partial charge < -0.3 is 4.74 Å². The Labute approximate surface area is 184 Å². The molecule has 0 bridgehead atoms. The van der Waals surface area contributed by atoms with Crippen LogP contribution in [0.1, 0.15) is 41.1 Å². The number of carbonyl (C=O) groups is 1. The summed E-state index contributed by atoms with van der Waals surface area (Å²) in [6.07, 6.45) is 1.45. The summed E-state index contributed by atoms with van der Waals surface area (Å²) >= 11 is 0. The van der Waals surface area contributed by atoms with Crippen molar-refractivity contribution in [1.29, 1.82) is 0 Å². The second-order valence-electron chi connectivity index (χ2n) is 8.03. The Morgan fingerprint density at radius 3 is 2.48 bits per heavy atom. The molecule has 0 radical (unpaired) electrons. The van der Waals surface area contributed by atoms with E-state index in [0.717, 1.165) is 5.56 Å². The van der Waals surface area contributed by atoms with Crippen molar-refractivity contribution in [1.82, 2.24) is 9.37 Å². The highest BCUT2D eigenvalue weighted by Gasteiger charge is 2.33. The lowest BCUT2D eigenvalue weighted by Gasteiger charge is -2.33. The van der Waals surface area contributed by atoms with E-state index in [2.05, 4.69) is 25.1 Å². The van der Waals surface area contributed by atoms with E-state index in [1.807, 2.05) is 6.92 Å². The van der Waals surface area contributed by atoms with Crippen LogP contribution in [0.2, 0.25) is 0 Å². The van der Waals surface area contributed by atoms with Gasteiger partial charge in [-0.15, -0.1) is 0 Å². The fourth-order valence-electron chi connectivity index (χ4n) is 3.82. The molecule has 0 aromatic heterocycles. The summed E-state index contributed by atoms with van der Waals surface area (Å²) in [4.78, 5) is 11.1. The number of nitrogens with zero attached hydrogens (tertiary/aromatic N) is 2. The zero-order valence-corrected chi connectivity index (χ0v) is 18.8. The minimum atomic E-state index is -3.67. The largest absolute Gasteiger partial charge is 0.373 e. The van der Waals surface area contributed by atoms with E-state index in [-0.39, 0.29) is 18.3 Å². The number of rotatable bonds is 9. The summed E-state index contributed by atoms with van der Waals surface area (Å²) < 4.78 is 33.5. The summed E-state index contributed by atoms with van der Waals surface area (Å²) in [6, 6.07) is 14.0. The van der Waals surface area contributed by atoms with Crippen LogP contribution in [0.3, 0.4) is 0 Å². The van der Waals surface area contributed by atoms with E-state index >= 15 is 0 Å². The molecule has 1 saturated heterocycles. The van der Waals surface area contributed by atoms with Gasteiger partial charge in [-0.1, -0.05) is 54.1 Å². The van der Waals surface area contributed by atoms with Gasteiger partial charge in [-0.2, -0.15) is 0 Å². The zero-order valence-electron chi connectivity index (χ0n) is 18.0. The molecular formula is C23H30N2O5S. The van der Waals surface area contributed by atoms with Gasteiger partial charge in [0.25, 0.3) is 0 Å². The van der Waals surface area contributed by atoms with E-state index in [4.69, 9.17) is 4.74 Å². The quantitative estimate of drug-likeness (QED) is 0.363. The summed E-state index contributed by atoms with van der Waals surface area (Å²) in [7, 11) is -3.67. The molecule has 1 unspecified atom stereocenters. The van der Waals surface area contributed by atoms with Crippen molar-refractivity contribution < 1.29 is 23.2 Å². The molecule has 2 aromatic carbocycles. The fourth-order valence-corrected chi connectivity index (χ4v) is 5.54. The molecule has 3 rings (SSSR count). The van der Waals surface area contributed by atoms with Crippen molar-refractivity contribution in [3.63, 3.8) is 0 Å². The van der Waals surface area contributed by atoms with Gasteiger partial charge in [0, 0.05) is 13.1 Å². The van der Waals surface area contributed by atoms with Gasteiger partial charge in [0.15, 0.2) is 0 Å². The summed E-state index contributed by atoms with van der Waals surface area (Å²) in [5, 5.41) is 10.4. The monoisotopic (exact) mass is 446 g/mol. The standard InChI is InChI=1S/C23H30N2O5S/c1-18-8-9-19(2)21(14-18)15-30-22-10-12-24(13-11-22)31(28,29)16-23(25(27)17-26)20-6-4-3-5-7-20/h3-9,14,17,22-23,27H,10-13,15-16H2,1-2H3. The summed E-state index contributed by atoms with van der Waals surface area (Å²) in [5.74, 6) is -0.375. The van der Waals surface area contributed by atoms with E-state index < -0.39 is 16.1 Å². The molecule has 2 aromatic rings. The van der Waals surface area contributed by atoms with Crippen LogP contribution in [0.15, 0.2) is 48.5 Å². The fraction of sp³-hybridized carbons (Fsp3) is 0.435. The number of carbonyl (C=O) groups excluding carboxylic acids is 1. The van der Waals surface area contributed by atoms with Crippen molar-refractivity contribution in [3.05, 3.63) is 70.8 Å². The van der Waals surface area contributed by atoms with Crippen LogP contribution in [-0.2, 0) is 26.2 Å². The molecule has 1 aliphatic rings. The maximum atomic E-state index is 13.0. The number of piperidine rings is 1. The first-order valence-electron chi connectivity index (χ1n) is 10.4. The van der Waals surface area contributed by atoms with Crippen LogP contribution in [0.5, 0.6) is 0 Å². The third kappa shape index (κ3) is 6.13. The number of amides is 1. The van der Waals surface area contributed by atoms with Crippen molar-refractivity contribution in [2.45, 2.75) is 45.4 Å². The molecule has 7 nitrogen and oxygen atoms in total. The summed E-state index contributed by atoms with van der Waals surface area (Å²) in [5.41, 5.74) is 4.08. The van der Waals surface area contributed by atoms with Gasteiger partial charge in [-0.05, 0) is 43.4 Å². The second kappa shape index (κ2) is 10.4. The van der Waals surface area contributed by atoms with Crippen molar-refractivity contribution in [2.24, 2.45) is 0 Å². The average Bonchev–Trinajstić information content (AvgIpc) is 2.78. The van der Waals surface area contributed by atoms with Crippen LogP contribution in [0.4, 0.5) is 0 Å². The van der Waals surface area contributed by atoms with E-state index in [0.29, 0.717) is 43.2 Å². The molecule has 8 heteroatoms. The minimum Gasteiger partial charge on any atom is -0.373 e. The van der Waals surface area contributed by atoms with Crippen molar-refractivity contribution in [2.75, 3.05) is 18.8 Å². The molecule has 1 aliphatic heterocycles. The lowest BCUT2D eigenvalue weighted by atomic mass is 10.1. The third-order valence-corrected chi connectivity index (χ3v) is 7.64. The number of sulfonamides is 1. The first kappa shape index (κ1) is 23.4. The smallest absolute Gasteiger partial charge is 0.233 e. The Kier molecular flexibility index (Phi) is 7.83. The SMILES string of the molecule is Cc1ccc(C)c(COC2CCN(S(=O)(=O)CC(c3ccccc3)N(O)C=O)CC2)c1. The number of aryl methyl sites for hydroxylation is 2. The topological polar surface area (TPSA) is 87.2 Å². The van der Waals surface area contributed by atoms with Crippen molar-refractivity contribution >= 4 is 16.4 Å². The molecule has 0 spiro atoms. The Hall–Kier alpha value is -2.26. The lowest BCUT2D eigenvalue weighted by molar-refractivity contribution is -0.159. The Morgan fingerprint density at radius 1 is 1.16 bits per heavy atom. The van der Waals surface area contributed by atoms with Crippen LogP contribution < -0.4 is 0 Å². The van der Waals surface area contributed by atoms with Gasteiger partial charge in [-0.25, -0.2) is 17.8 Å². The first-order chi connectivity index (χ1) is 14.8. The number of hydrogen-bond donors (Lipinski definition) is 1. The number of hydrogen-bond acceptors (Lipinski definition) is 5. The van der Waals surface area contributed by atoms with Gasteiger partial charge >= 0.3 is 0 Å². The van der Waals surface area contributed by atoms with Crippen LogP contribution in [0.25, 0.3) is 0 Å². The number of ether oxygens (including phenoxy) is 1. The van der Waals surface area contributed by atoms with Gasteiger partial charge in [0.2, 0.25) is 16.4 Å². The van der Waals surface area contributed by atoms with E-state index in [9.17, 15) is 18.4 Å².